The number of nitrogens with one attached hydrogen (secondary N) is 2. The number of benzene rings is 2. The van der Waals surface area contributed by atoms with Crippen molar-refractivity contribution in [2.24, 2.45) is 5.73 Å². The fourth-order valence-corrected chi connectivity index (χ4v) is 3.51. The molecule has 0 bridgehead atoms. The Hall–Kier alpha value is -2.84. The monoisotopic (exact) mass is 368 g/mol. The number of nitrogens with two attached hydrogens (primary N) is 1. The summed E-state index contributed by atoms with van der Waals surface area (Å²) in [5.74, 6) is -0.356. The molecule has 0 amide bonds. The van der Waals surface area contributed by atoms with Crippen LogP contribution in [0.5, 0.6) is 0 Å². The topological polar surface area (TPSA) is 92.5 Å². The van der Waals surface area contributed by atoms with Gasteiger partial charge in [0.1, 0.15) is 5.82 Å². The van der Waals surface area contributed by atoms with Crippen LogP contribution in [-0.4, -0.2) is 33.0 Å². The molecule has 0 aliphatic rings. The summed E-state index contributed by atoms with van der Waals surface area (Å²) in [7, 11) is 0. The van der Waals surface area contributed by atoms with Crippen molar-refractivity contribution in [2.75, 3.05) is 11.9 Å². The number of nitrogens with zero attached hydrogens (tertiary/aromatic N) is 3. The zero-order chi connectivity index (χ0) is 17.9. The third kappa shape index (κ3) is 3.56. The van der Waals surface area contributed by atoms with E-state index in [2.05, 4.69) is 37.8 Å². The van der Waals surface area contributed by atoms with Crippen molar-refractivity contribution in [1.29, 1.82) is 0 Å². The van der Waals surface area contributed by atoms with E-state index < -0.39 is 0 Å². The number of rotatable bonds is 6. The summed E-state index contributed by atoms with van der Waals surface area (Å²) in [5, 5.41) is 20.0. The average Bonchev–Trinajstić information content (AvgIpc) is 3.29. The third-order valence-corrected chi connectivity index (χ3v) is 4.95. The van der Waals surface area contributed by atoms with Crippen molar-refractivity contribution in [3.8, 4) is 10.6 Å². The van der Waals surface area contributed by atoms with E-state index in [0.717, 1.165) is 11.8 Å². The van der Waals surface area contributed by atoms with Gasteiger partial charge in [-0.05, 0) is 18.1 Å². The largest absolute Gasteiger partial charge is 0.359 e. The first-order valence-electron chi connectivity index (χ1n) is 8.19. The van der Waals surface area contributed by atoms with E-state index in [9.17, 15) is 4.39 Å². The van der Waals surface area contributed by atoms with Gasteiger partial charge in [-0.3, -0.25) is 5.10 Å². The molecule has 0 saturated carbocycles. The Morgan fingerprint density at radius 3 is 2.88 bits per heavy atom. The molecule has 4 aromatic rings. The van der Waals surface area contributed by atoms with Crippen LogP contribution in [0, 0.1) is 5.82 Å². The maximum Gasteiger partial charge on any atom is 0.206 e. The van der Waals surface area contributed by atoms with Gasteiger partial charge in [-0.25, -0.2) is 4.39 Å². The van der Waals surface area contributed by atoms with Gasteiger partial charge in [-0.2, -0.15) is 5.10 Å². The molecule has 0 spiro atoms. The Bertz CT molecular complexity index is 1010. The number of fused-ring (bicyclic) bond motifs is 1. The molecule has 0 saturated heterocycles. The van der Waals surface area contributed by atoms with Crippen molar-refractivity contribution < 1.29 is 4.39 Å². The Morgan fingerprint density at radius 1 is 1.19 bits per heavy atom. The molecule has 26 heavy (non-hydrogen) atoms. The second kappa shape index (κ2) is 7.19. The van der Waals surface area contributed by atoms with Crippen LogP contribution in [0.2, 0.25) is 0 Å². The summed E-state index contributed by atoms with van der Waals surface area (Å²) < 4.78 is 14.3. The second-order valence-corrected chi connectivity index (χ2v) is 7.01. The standard InChI is InChI=1S/C18H17FN6S/c19-15-8-16-12(9-22-23-16)7-14(15)17-24-25-18(26-17)21-10-13(20)6-11-4-2-1-3-5-11/h1-5,7-9,13H,6,10,20H2,(H,21,25)(H,22,23)/t13-/m1/s1. The van der Waals surface area contributed by atoms with Gasteiger partial charge in [0.2, 0.25) is 5.13 Å². The summed E-state index contributed by atoms with van der Waals surface area (Å²) in [6.45, 7) is 0.562. The van der Waals surface area contributed by atoms with Crippen LogP contribution in [0.15, 0.2) is 48.7 Å². The molecule has 0 unspecified atom stereocenters. The van der Waals surface area contributed by atoms with Crippen LogP contribution in [0.4, 0.5) is 9.52 Å². The second-order valence-electron chi connectivity index (χ2n) is 6.03. The highest BCUT2D eigenvalue weighted by atomic mass is 32.1. The highest BCUT2D eigenvalue weighted by Crippen LogP contribution is 2.30. The van der Waals surface area contributed by atoms with E-state index in [0.29, 0.717) is 27.8 Å². The molecule has 2 aromatic carbocycles. The zero-order valence-corrected chi connectivity index (χ0v) is 14.6. The number of hydrogen-bond donors (Lipinski definition) is 3. The smallest absolute Gasteiger partial charge is 0.206 e. The van der Waals surface area contributed by atoms with Crippen molar-refractivity contribution in [3.05, 3.63) is 60.0 Å². The van der Waals surface area contributed by atoms with Crippen LogP contribution in [-0.2, 0) is 6.42 Å². The lowest BCUT2D eigenvalue weighted by atomic mass is 10.1. The lowest BCUT2D eigenvalue weighted by Crippen LogP contribution is -2.31. The predicted molar refractivity (Wildman–Crippen MR) is 102 cm³/mol. The molecule has 0 radical (unpaired) electrons. The number of hydrogen-bond acceptors (Lipinski definition) is 6. The molecule has 132 valence electrons. The highest BCUT2D eigenvalue weighted by Gasteiger charge is 2.14. The van der Waals surface area contributed by atoms with Gasteiger partial charge in [0.25, 0.3) is 0 Å². The Morgan fingerprint density at radius 2 is 2.04 bits per heavy atom. The van der Waals surface area contributed by atoms with Gasteiger partial charge >= 0.3 is 0 Å². The van der Waals surface area contributed by atoms with Crippen molar-refractivity contribution >= 4 is 27.4 Å². The minimum absolute atomic E-state index is 0.0521. The molecular weight excluding hydrogens is 351 g/mol. The molecule has 1 atom stereocenters. The predicted octanol–water partition coefficient (Wildman–Crippen LogP) is 3.20. The summed E-state index contributed by atoms with van der Waals surface area (Å²) in [6, 6.07) is 13.2. The molecule has 8 heteroatoms. The SMILES string of the molecule is N[C@@H](CNc1nnc(-c2cc3cn[nH]c3cc2F)s1)Cc1ccccc1. The molecule has 0 aliphatic heterocycles. The number of aromatic amines is 1. The van der Waals surface area contributed by atoms with Gasteiger partial charge in [-0.15, -0.1) is 10.2 Å². The molecule has 2 aromatic heterocycles. The molecule has 0 fully saturated rings. The van der Waals surface area contributed by atoms with E-state index in [1.165, 1.54) is 23.0 Å². The quantitative estimate of drug-likeness (QED) is 0.486. The van der Waals surface area contributed by atoms with Gasteiger partial charge in [0.05, 0.1) is 11.7 Å². The average molecular weight is 368 g/mol. The van der Waals surface area contributed by atoms with Crippen molar-refractivity contribution in [2.45, 2.75) is 12.5 Å². The number of halogens is 1. The summed E-state index contributed by atoms with van der Waals surface area (Å²) >= 11 is 1.30. The lowest BCUT2D eigenvalue weighted by Gasteiger charge is -2.11. The zero-order valence-electron chi connectivity index (χ0n) is 13.8. The molecule has 6 nitrogen and oxygen atoms in total. The maximum absolute atomic E-state index is 14.3. The van der Waals surface area contributed by atoms with Crippen LogP contribution in [0.1, 0.15) is 5.56 Å². The Balaban J connectivity index is 1.43. The molecule has 4 N–H and O–H groups in total. The fourth-order valence-electron chi connectivity index (χ4n) is 2.74. The van der Waals surface area contributed by atoms with E-state index in [1.807, 2.05) is 18.2 Å². The number of aromatic nitrogens is 4. The highest BCUT2D eigenvalue weighted by molar-refractivity contribution is 7.18. The van der Waals surface area contributed by atoms with E-state index in [1.54, 1.807) is 12.3 Å². The van der Waals surface area contributed by atoms with Crippen LogP contribution in [0.3, 0.4) is 0 Å². The lowest BCUT2D eigenvalue weighted by molar-refractivity contribution is 0.632. The first-order valence-corrected chi connectivity index (χ1v) is 9.00. The summed E-state index contributed by atoms with van der Waals surface area (Å²) in [5.41, 5.74) is 8.43. The molecule has 0 aliphatic carbocycles. The molecular formula is C18H17FN6S. The van der Waals surface area contributed by atoms with Crippen LogP contribution < -0.4 is 11.1 Å². The van der Waals surface area contributed by atoms with Crippen LogP contribution >= 0.6 is 11.3 Å². The molecule has 4 rings (SSSR count). The third-order valence-electron chi connectivity index (χ3n) is 4.04. The van der Waals surface area contributed by atoms with Crippen molar-refractivity contribution in [1.82, 2.24) is 20.4 Å². The Labute approximate surface area is 153 Å². The Kier molecular flexibility index (Phi) is 4.59. The summed E-state index contributed by atoms with van der Waals surface area (Å²) in [6.07, 6.45) is 2.42. The number of anilines is 1. The first kappa shape index (κ1) is 16.6. The van der Waals surface area contributed by atoms with Gasteiger partial charge in [0, 0.05) is 29.6 Å². The fraction of sp³-hybridized carbons (Fsp3) is 0.167. The normalized spacial score (nSPS) is 12.4. The van der Waals surface area contributed by atoms with E-state index >= 15 is 0 Å². The maximum atomic E-state index is 14.3. The van der Waals surface area contributed by atoms with Crippen molar-refractivity contribution in [3.63, 3.8) is 0 Å². The van der Waals surface area contributed by atoms with E-state index in [4.69, 9.17) is 5.73 Å². The van der Waals surface area contributed by atoms with Crippen LogP contribution in [0.25, 0.3) is 21.5 Å². The molecule has 2 heterocycles. The first-order chi connectivity index (χ1) is 12.7. The minimum atomic E-state index is -0.356. The van der Waals surface area contributed by atoms with Gasteiger partial charge in [-0.1, -0.05) is 41.7 Å². The summed E-state index contributed by atoms with van der Waals surface area (Å²) in [4.78, 5) is 0. The van der Waals surface area contributed by atoms with Gasteiger partial charge < -0.3 is 11.1 Å². The van der Waals surface area contributed by atoms with Gasteiger partial charge in [0.15, 0.2) is 5.01 Å². The van der Waals surface area contributed by atoms with E-state index in [-0.39, 0.29) is 11.9 Å². The minimum Gasteiger partial charge on any atom is -0.359 e. The number of H-pyrrole nitrogens is 1.